The number of aromatic nitrogens is 2. The Labute approximate surface area is 92.1 Å². The highest BCUT2D eigenvalue weighted by Gasteiger charge is 2.11. The predicted octanol–water partition coefficient (Wildman–Crippen LogP) is 3.69. The van der Waals surface area contributed by atoms with E-state index in [1.807, 2.05) is 19.1 Å². The Morgan fingerprint density at radius 2 is 2.07 bits per heavy atom. The van der Waals surface area contributed by atoms with Gasteiger partial charge in [-0.25, -0.2) is 4.98 Å². The average Bonchev–Trinajstić information content (AvgIpc) is 2.42. The third-order valence-corrected chi connectivity index (χ3v) is 3.00. The smallest absolute Gasteiger partial charge is 0.107 e. The Bertz CT molecular complexity index is 471. The molecule has 0 atom stereocenters. The minimum atomic E-state index is 0.453. The van der Waals surface area contributed by atoms with Gasteiger partial charge in [0.15, 0.2) is 0 Å². The molecule has 0 radical (unpaired) electrons. The molecular formula is C11H13BrN2. The van der Waals surface area contributed by atoms with Gasteiger partial charge in [0, 0.05) is 10.5 Å². The van der Waals surface area contributed by atoms with Crippen molar-refractivity contribution in [1.82, 2.24) is 9.55 Å². The molecule has 14 heavy (non-hydrogen) atoms. The molecule has 1 heterocycles. The van der Waals surface area contributed by atoms with Gasteiger partial charge in [-0.15, -0.1) is 0 Å². The van der Waals surface area contributed by atoms with Crippen LogP contribution < -0.4 is 0 Å². The van der Waals surface area contributed by atoms with E-state index in [0.717, 1.165) is 15.8 Å². The average molecular weight is 253 g/mol. The lowest BCUT2D eigenvalue weighted by Gasteiger charge is -2.10. The van der Waals surface area contributed by atoms with Gasteiger partial charge in [-0.2, -0.15) is 0 Å². The van der Waals surface area contributed by atoms with E-state index in [4.69, 9.17) is 0 Å². The number of rotatable bonds is 1. The zero-order valence-corrected chi connectivity index (χ0v) is 10.2. The molecule has 2 rings (SSSR count). The van der Waals surface area contributed by atoms with Crippen LogP contribution in [-0.2, 0) is 0 Å². The van der Waals surface area contributed by atoms with Crippen LogP contribution in [0.4, 0.5) is 0 Å². The molecule has 0 aliphatic heterocycles. The minimum Gasteiger partial charge on any atom is -0.326 e. The fourth-order valence-electron chi connectivity index (χ4n) is 1.85. The van der Waals surface area contributed by atoms with Gasteiger partial charge >= 0.3 is 0 Å². The Hall–Kier alpha value is -0.830. The highest BCUT2D eigenvalue weighted by Crippen LogP contribution is 2.26. The maximum Gasteiger partial charge on any atom is 0.107 e. The van der Waals surface area contributed by atoms with Crippen LogP contribution in [0.2, 0.25) is 0 Å². The summed E-state index contributed by atoms with van der Waals surface area (Å²) in [4.78, 5) is 4.55. The molecule has 0 bridgehead atoms. The van der Waals surface area contributed by atoms with Gasteiger partial charge in [-0.3, -0.25) is 0 Å². The zero-order chi connectivity index (χ0) is 10.3. The van der Waals surface area contributed by atoms with E-state index in [1.54, 1.807) is 0 Å². The van der Waals surface area contributed by atoms with Crippen molar-refractivity contribution in [3.05, 3.63) is 28.5 Å². The van der Waals surface area contributed by atoms with Crippen LogP contribution in [0.1, 0.15) is 25.7 Å². The minimum absolute atomic E-state index is 0.453. The molecule has 74 valence electrons. The van der Waals surface area contributed by atoms with Gasteiger partial charge in [0.2, 0.25) is 0 Å². The van der Waals surface area contributed by atoms with Crippen LogP contribution in [0.5, 0.6) is 0 Å². The van der Waals surface area contributed by atoms with E-state index >= 15 is 0 Å². The van der Waals surface area contributed by atoms with E-state index in [9.17, 15) is 0 Å². The van der Waals surface area contributed by atoms with Crippen LogP contribution in [0.15, 0.2) is 22.7 Å². The second kappa shape index (κ2) is 3.39. The van der Waals surface area contributed by atoms with Crippen molar-refractivity contribution in [3.8, 4) is 0 Å². The predicted molar refractivity (Wildman–Crippen MR) is 62.6 cm³/mol. The molecule has 0 amide bonds. The largest absolute Gasteiger partial charge is 0.326 e. The molecule has 0 spiro atoms. The number of imidazole rings is 1. The number of fused-ring (bicyclic) bond motifs is 1. The van der Waals surface area contributed by atoms with Gasteiger partial charge in [0.25, 0.3) is 0 Å². The highest BCUT2D eigenvalue weighted by atomic mass is 79.9. The molecule has 0 saturated heterocycles. The second-order valence-corrected chi connectivity index (χ2v) is 4.58. The highest BCUT2D eigenvalue weighted by molar-refractivity contribution is 9.10. The Morgan fingerprint density at radius 3 is 2.71 bits per heavy atom. The first-order chi connectivity index (χ1) is 6.61. The standard InChI is InChI=1S/C11H13BrN2/c1-7(2)14-8(3)13-11-9(12)5-4-6-10(11)14/h4-7H,1-3H3. The van der Waals surface area contributed by atoms with E-state index in [2.05, 4.69) is 45.4 Å². The lowest BCUT2D eigenvalue weighted by atomic mass is 10.3. The number of halogens is 1. The van der Waals surface area contributed by atoms with Crippen molar-refractivity contribution >= 4 is 27.0 Å². The monoisotopic (exact) mass is 252 g/mol. The van der Waals surface area contributed by atoms with Crippen molar-refractivity contribution in [3.63, 3.8) is 0 Å². The summed E-state index contributed by atoms with van der Waals surface area (Å²) in [6.45, 7) is 6.40. The Balaban J connectivity index is 2.83. The summed E-state index contributed by atoms with van der Waals surface area (Å²) in [5.74, 6) is 1.07. The van der Waals surface area contributed by atoms with E-state index in [0.29, 0.717) is 6.04 Å². The maximum atomic E-state index is 4.55. The molecule has 1 aromatic heterocycles. The zero-order valence-electron chi connectivity index (χ0n) is 8.58. The molecule has 0 N–H and O–H groups in total. The SMILES string of the molecule is Cc1nc2c(Br)cccc2n1C(C)C. The molecule has 3 heteroatoms. The summed E-state index contributed by atoms with van der Waals surface area (Å²) in [6.07, 6.45) is 0. The van der Waals surface area contributed by atoms with Crippen molar-refractivity contribution in [1.29, 1.82) is 0 Å². The molecule has 2 aromatic rings. The van der Waals surface area contributed by atoms with Crippen LogP contribution >= 0.6 is 15.9 Å². The van der Waals surface area contributed by atoms with E-state index < -0.39 is 0 Å². The topological polar surface area (TPSA) is 17.8 Å². The third kappa shape index (κ3) is 1.36. The van der Waals surface area contributed by atoms with Crippen LogP contribution in [0.25, 0.3) is 11.0 Å². The van der Waals surface area contributed by atoms with Crippen LogP contribution in [-0.4, -0.2) is 9.55 Å². The molecule has 0 aliphatic carbocycles. The molecule has 1 aromatic carbocycles. The summed E-state index contributed by atoms with van der Waals surface area (Å²) in [7, 11) is 0. The molecule has 2 nitrogen and oxygen atoms in total. The normalized spacial score (nSPS) is 11.5. The summed E-state index contributed by atoms with van der Waals surface area (Å²) in [5.41, 5.74) is 2.26. The summed E-state index contributed by atoms with van der Waals surface area (Å²) >= 11 is 3.52. The number of nitrogens with zero attached hydrogens (tertiary/aromatic N) is 2. The van der Waals surface area contributed by atoms with Crippen molar-refractivity contribution in [2.45, 2.75) is 26.8 Å². The van der Waals surface area contributed by atoms with Crippen molar-refractivity contribution in [2.75, 3.05) is 0 Å². The molecule has 0 unspecified atom stereocenters. The van der Waals surface area contributed by atoms with Crippen LogP contribution in [0, 0.1) is 6.92 Å². The van der Waals surface area contributed by atoms with Gasteiger partial charge in [0.1, 0.15) is 11.3 Å². The number of para-hydroxylation sites is 1. The lowest BCUT2D eigenvalue weighted by molar-refractivity contribution is 0.600. The molecule has 0 fully saturated rings. The molecule has 0 aliphatic rings. The summed E-state index contributed by atoms with van der Waals surface area (Å²) < 4.78 is 3.32. The van der Waals surface area contributed by atoms with Crippen LogP contribution in [0.3, 0.4) is 0 Å². The Kier molecular flexibility index (Phi) is 2.35. The molecule has 0 saturated carbocycles. The van der Waals surface area contributed by atoms with Gasteiger partial charge in [0.05, 0.1) is 5.52 Å². The first-order valence-corrected chi connectivity index (χ1v) is 5.53. The summed E-state index contributed by atoms with van der Waals surface area (Å²) in [6, 6.07) is 6.64. The lowest BCUT2D eigenvalue weighted by Crippen LogP contribution is -2.02. The number of aryl methyl sites for hydroxylation is 1. The quantitative estimate of drug-likeness (QED) is 0.757. The number of hydrogen-bond donors (Lipinski definition) is 0. The first-order valence-electron chi connectivity index (χ1n) is 4.74. The van der Waals surface area contributed by atoms with Gasteiger partial charge in [-0.05, 0) is 48.8 Å². The fraction of sp³-hybridized carbons (Fsp3) is 0.364. The number of hydrogen-bond acceptors (Lipinski definition) is 1. The second-order valence-electron chi connectivity index (χ2n) is 3.73. The summed E-state index contributed by atoms with van der Waals surface area (Å²) in [5, 5.41) is 0. The van der Waals surface area contributed by atoms with E-state index in [-0.39, 0.29) is 0 Å². The Morgan fingerprint density at radius 1 is 1.36 bits per heavy atom. The van der Waals surface area contributed by atoms with Gasteiger partial charge in [-0.1, -0.05) is 6.07 Å². The molecular weight excluding hydrogens is 240 g/mol. The van der Waals surface area contributed by atoms with Crippen molar-refractivity contribution in [2.24, 2.45) is 0 Å². The third-order valence-electron chi connectivity index (χ3n) is 2.36. The van der Waals surface area contributed by atoms with Crippen molar-refractivity contribution < 1.29 is 0 Å². The first kappa shape index (κ1) is 9.71. The van der Waals surface area contributed by atoms with E-state index in [1.165, 1.54) is 5.52 Å². The maximum absolute atomic E-state index is 4.55. The number of benzene rings is 1. The fourth-order valence-corrected chi connectivity index (χ4v) is 2.30. The van der Waals surface area contributed by atoms with Gasteiger partial charge < -0.3 is 4.57 Å².